The predicted octanol–water partition coefficient (Wildman–Crippen LogP) is 2.64. The lowest BCUT2D eigenvalue weighted by atomic mass is 9.76. The lowest BCUT2D eigenvalue weighted by molar-refractivity contribution is -0.137. The van der Waals surface area contributed by atoms with E-state index in [0.29, 0.717) is 12.5 Å². The first-order valence-corrected chi connectivity index (χ1v) is 6.46. The maximum Gasteiger partial charge on any atom is 0.309 e. The van der Waals surface area contributed by atoms with E-state index in [9.17, 15) is 4.79 Å². The van der Waals surface area contributed by atoms with Crippen LogP contribution in [0.2, 0.25) is 0 Å². The van der Waals surface area contributed by atoms with Crippen LogP contribution in [0.4, 0.5) is 0 Å². The van der Waals surface area contributed by atoms with Crippen LogP contribution in [0.1, 0.15) is 39.5 Å². The number of hydrogen-bond acceptors (Lipinski definition) is 1. The van der Waals surface area contributed by atoms with Gasteiger partial charge >= 0.3 is 11.4 Å². The Labute approximate surface area is 103 Å². The van der Waals surface area contributed by atoms with E-state index in [-0.39, 0.29) is 5.91 Å². The zero-order chi connectivity index (χ0) is 12.5. The molecule has 3 heteroatoms. The van der Waals surface area contributed by atoms with Gasteiger partial charge in [-0.3, -0.25) is 9.64 Å². The minimum Gasteiger partial charge on any atom is -0.332 e. The summed E-state index contributed by atoms with van der Waals surface area (Å²) >= 11 is 0. The molecule has 1 saturated carbocycles. The molecule has 1 aliphatic carbocycles. The van der Waals surface area contributed by atoms with Crippen LogP contribution < -0.4 is 0 Å². The third-order valence-corrected chi connectivity index (χ3v) is 4.07. The van der Waals surface area contributed by atoms with Crippen LogP contribution in [0, 0.1) is 12.5 Å². The maximum absolute atomic E-state index is 12.3. The van der Waals surface area contributed by atoms with Gasteiger partial charge in [0.05, 0.1) is 0 Å². The molecule has 17 heavy (non-hydrogen) atoms. The van der Waals surface area contributed by atoms with E-state index in [2.05, 4.69) is 24.8 Å². The SMILES string of the molecule is [C-]#[N+]C1(C(=O)N2CC=C(C(C)C)CC2)CCC1. The lowest BCUT2D eigenvalue weighted by Gasteiger charge is -2.35. The summed E-state index contributed by atoms with van der Waals surface area (Å²) in [5.74, 6) is 0.642. The molecule has 0 saturated heterocycles. The fourth-order valence-corrected chi connectivity index (χ4v) is 2.57. The van der Waals surface area contributed by atoms with Gasteiger partial charge in [0.15, 0.2) is 0 Å². The number of hydrogen-bond donors (Lipinski definition) is 0. The Bertz CT molecular complexity index is 386. The highest BCUT2D eigenvalue weighted by Gasteiger charge is 2.53. The van der Waals surface area contributed by atoms with E-state index >= 15 is 0 Å². The zero-order valence-electron chi connectivity index (χ0n) is 10.7. The molecule has 1 heterocycles. The highest BCUT2D eigenvalue weighted by atomic mass is 16.2. The highest BCUT2D eigenvalue weighted by molar-refractivity contribution is 5.89. The number of carbonyl (C=O) groups is 1. The Hall–Kier alpha value is -1.30. The first kappa shape index (κ1) is 12.2. The molecule has 0 aromatic heterocycles. The molecule has 0 aromatic carbocycles. The third-order valence-electron chi connectivity index (χ3n) is 4.07. The van der Waals surface area contributed by atoms with E-state index in [4.69, 9.17) is 6.57 Å². The monoisotopic (exact) mass is 232 g/mol. The van der Waals surface area contributed by atoms with E-state index in [0.717, 1.165) is 32.2 Å². The quantitative estimate of drug-likeness (QED) is 0.530. The Morgan fingerprint density at radius 3 is 2.59 bits per heavy atom. The van der Waals surface area contributed by atoms with Crippen molar-refractivity contribution < 1.29 is 4.79 Å². The van der Waals surface area contributed by atoms with E-state index < -0.39 is 5.54 Å². The van der Waals surface area contributed by atoms with Gasteiger partial charge in [-0.2, -0.15) is 0 Å². The summed E-state index contributed by atoms with van der Waals surface area (Å²) in [5.41, 5.74) is 0.753. The van der Waals surface area contributed by atoms with Gasteiger partial charge in [0.1, 0.15) is 0 Å². The lowest BCUT2D eigenvalue weighted by Crippen LogP contribution is -2.52. The molecule has 1 aliphatic heterocycles. The van der Waals surface area contributed by atoms with Crippen LogP contribution in [0.5, 0.6) is 0 Å². The van der Waals surface area contributed by atoms with Gasteiger partial charge < -0.3 is 4.90 Å². The van der Waals surface area contributed by atoms with Gasteiger partial charge in [-0.1, -0.05) is 25.5 Å². The van der Waals surface area contributed by atoms with E-state index in [1.807, 2.05) is 4.90 Å². The molecule has 1 amide bonds. The van der Waals surface area contributed by atoms with Crippen molar-refractivity contribution in [3.8, 4) is 0 Å². The fraction of sp³-hybridized carbons (Fsp3) is 0.714. The summed E-state index contributed by atoms with van der Waals surface area (Å²) in [4.78, 5) is 17.7. The van der Waals surface area contributed by atoms with Gasteiger partial charge in [0.25, 0.3) is 0 Å². The minimum atomic E-state index is -0.691. The molecule has 0 N–H and O–H groups in total. The normalized spacial score (nSPS) is 22.7. The average Bonchev–Trinajstić information content (AvgIpc) is 2.28. The van der Waals surface area contributed by atoms with E-state index in [1.165, 1.54) is 5.57 Å². The van der Waals surface area contributed by atoms with Crippen molar-refractivity contribution in [3.05, 3.63) is 23.1 Å². The molecule has 0 bridgehead atoms. The molecular weight excluding hydrogens is 212 g/mol. The van der Waals surface area contributed by atoms with Crippen molar-refractivity contribution >= 4 is 5.91 Å². The van der Waals surface area contributed by atoms with Crippen LogP contribution in [-0.2, 0) is 4.79 Å². The highest BCUT2D eigenvalue weighted by Crippen LogP contribution is 2.38. The maximum atomic E-state index is 12.3. The van der Waals surface area contributed by atoms with Crippen molar-refractivity contribution in [1.29, 1.82) is 0 Å². The van der Waals surface area contributed by atoms with Gasteiger partial charge in [-0.15, -0.1) is 0 Å². The molecule has 0 aromatic rings. The van der Waals surface area contributed by atoms with Crippen LogP contribution in [0.25, 0.3) is 4.85 Å². The molecule has 0 radical (unpaired) electrons. The van der Waals surface area contributed by atoms with Crippen molar-refractivity contribution in [1.82, 2.24) is 4.90 Å². The van der Waals surface area contributed by atoms with Crippen molar-refractivity contribution in [3.63, 3.8) is 0 Å². The number of nitrogens with zero attached hydrogens (tertiary/aromatic N) is 2. The number of amides is 1. The predicted molar refractivity (Wildman–Crippen MR) is 67.3 cm³/mol. The topological polar surface area (TPSA) is 24.7 Å². The molecule has 0 spiro atoms. The fourth-order valence-electron chi connectivity index (χ4n) is 2.57. The molecule has 0 unspecified atom stereocenters. The largest absolute Gasteiger partial charge is 0.332 e. The summed E-state index contributed by atoms with van der Waals surface area (Å²) in [5, 5.41) is 0. The standard InChI is InChI=1S/C14H20N2O/c1-11(2)12-5-9-16(10-6-12)13(17)14(15-3)7-4-8-14/h5,11H,4,6-10H2,1-2H3. The smallest absolute Gasteiger partial charge is 0.309 e. The van der Waals surface area contributed by atoms with Gasteiger partial charge in [0, 0.05) is 25.9 Å². The number of carbonyl (C=O) groups excluding carboxylic acids is 1. The summed E-state index contributed by atoms with van der Waals surface area (Å²) in [6.45, 7) is 13.1. The average molecular weight is 232 g/mol. The molecular formula is C14H20N2O. The van der Waals surface area contributed by atoms with Crippen molar-refractivity contribution in [2.75, 3.05) is 13.1 Å². The van der Waals surface area contributed by atoms with Crippen LogP contribution in [0.3, 0.4) is 0 Å². The van der Waals surface area contributed by atoms with Gasteiger partial charge in [-0.25, -0.2) is 6.57 Å². The summed E-state index contributed by atoms with van der Waals surface area (Å²) < 4.78 is 0. The van der Waals surface area contributed by atoms with E-state index in [1.54, 1.807) is 0 Å². The van der Waals surface area contributed by atoms with Crippen LogP contribution >= 0.6 is 0 Å². The Kier molecular flexibility index (Phi) is 3.24. The first-order chi connectivity index (χ1) is 8.09. The summed E-state index contributed by atoms with van der Waals surface area (Å²) in [6.07, 6.45) is 5.67. The first-order valence-electron chi connectivity index (χ1n) is 6.46. The Balaban J connectivity index is 2.02. The second-order valence-electron chi connectivity index (χ2n) is 5.43. The molecule has 2 rings (SSSR count). The summed E-state index contributed by atoms with van der Waals surface area (Å²) in [7, 11) is 0. The summed E-state index contributed by atoms with van der Waals surface area (Å²) in [6, 6.07) is 0. The molecule has 1 fully saturated rings. The van der Waals surface area contributed by atoms with Crippen molar-refractivity contribution in [2.45, 2.75) is 45.1 Å². The van der Waals surface area contributed by atoms with Crippen LogP contribution in [-0.4, -0.2) is 29.4 Å². The molecule has 2 aliphatic rings. The Morgan fingerprint density at radius 1 is 1.53 bits per heavy atom. The third kappa shape index (κ3) is 2.09. The minimum absolute atomic E-state index is 0.0674. The number of rotatable bonds is 2. The van der Waals surface area contributed by atoms with Crippen molar-refractivity contribution in [2.24, 2.45) is 5.92 Å². The molecule has 92 valence electrons. The second kappa shape index (κ2) is 4.52. The van der Waals surface area contributed by atoms with Gasteiger partial charge in [0.2, 0.25) is 0 Å². The zero-order valence-corrected chi connectivity index (χ0v) is 10.7. The second-order valence-corrected chi connectivity index (χ2v) is 5.43. The van der Waals surface area contributed by atoms with Crippen LogP contribution in [0.15, 0.2) is 11.6 Å². The van der Waals surface area contributed by atoms with Gasteiger partial charge in [-0.05, 0) is 18.8 Å². The molecule has 0 atom stereocenters. The Morgan fingerprint density at radius 2 is 2.24 bits per heavy atom. The molecule has 3 nitrogen and oxygen atoms in total.